The summed E-state index contributed by atoms with van der Waals surface area (Å²) in [7, 11) is 0. The highest BCUT2D eigenvalue weighted by molar-refractivity contribution is 9.10. The van der Waals surface area contributed by atoms with E-state index in [-0.39, 0.29) is 11.7 Å². The van der Waals surface area contributed by atoms with Gasteiger partial charge in [0.1, 0.15) is 11.5 Å². The number of rotatable bonds is 6. The molecule has 3 aromatic rings. The van der Waals surface area contributed by atoms with Crippen molar-refractivity contribution in [1.82, 2.24) is 9.71 Å². The summed E-state index contributed by atoms with van der Waals surface area (Å²) >= 11 is 6.03. The summed E-state index contributed by atoms with van der Waals surface area (Å²) in [5, 5.41) is 9.70. The van der Waals surface area contributed by atoms with Crippen LogP contribution >= 0.6 is 39.2 Å². The first-order valence-corrected chi connectivity index (χ1v) is 11.3. The van der Waals surface area contributed by atoms with Crippen molar-refractivity contribution in [3.63, 3.8) is 0 Å². The van der Waals surface area contributed by atoms with Crippen molar-refractivity contribution >= 4 is 55.9 Å². The first kappa shape index (κ1) is 21.3. The molecule has 0 spiro atoms. The van der Waals surface area contributed by atoms with E-state index < -0.39 is 0 Å². The van der Waals surface area contributed by atoms with Gasteiger partial charge in [-0.2, -0.15) is 5.26 Å². The minimum atomic E-state index is -0.327. The monoisotopic (exact) mass is 490 g/mol. The fraction of sp³-hybridized carbons (Fsp3) is 0.150. The predicted molar refractivity (Wildman–Crippen MR) is 119 cm³/mol. The van der Waals surface area contributed by atoms with E-state index in [0.29, 0.717) is 27.4 Å². The fourth-order valence-corrected chi connectivity index (χ4v) is 4.34. The maximum Gasteiger partial charge on any atom is 0.280 e. The number of thiazole rings is 1. The second-order valence-corrected chi connectivity index (χ2v) is 8.67. The third-order valence-corrected chi connectivity index (χ3v) is 6.20. The van der Waals surface area contributed by atoms with Crippen LogP contribution in [0.5, 0.6) is 0 Å². The number of halogens is 2. The van der Waals surface area contributed by atoms with E-state index in [4.69, 9.17) is 5.26 Å². The van der Waals surface area contributed by atoms with E-state index >= 15 is 0 Å². The number of carbonyl (C=O) groups is 1. The lowest BCUT2D eigenvalue weighted by Crippen LogP contribution is -2.19. The lowest BCUT2D eigenvalue weighted by atomic mass is 10.1. The third-order valence-electron chi connectivity index (χ3n) is 4.08. The van der Waals surface area contributed by atoms with Crippen LogP contribution in [-0.4, -0.2) is 17.1 Å². The summed E-state index contributed by atoms with van der Waals surface area (Å²) in [6.45, 7) is 2.25. The highest BCUT2D eigenvalue weighted by atomic mass is 79.9. The zero-order valence-corrected chi connectivity index (χ0v) is 18.8. The largest absolute Gasteiger partial charge is 0.313 e. The molecule has 5 nitrogen and oxygen atoms in total. The van der Waals surface area contributed by atoms with Gasteiger partial charge in [0.25, 0.3) is 5.91 Å². The van der Waals surface area contributed by atoms with Gasteiger partial charge in [0.2, 0.25) is 0 Å². The standard InChI is InChI=1S/C20H16BrFN4OS2/c1-12-18(19(27)25-28-2)24-20(29-12)26(16-7-3-13(10-23)4-8-16)11-14-5-6-15(22)9-17(14)21/h3-9H,11H2,1-2H3,(H,25,27). The average Bonchev–Trinajstić information content (AvgIpc) is 3.09. The third kappa shape index (κ3) is 4.96. The summed E-state index contributed by atoms with van der Waals surface area (Å²) in [6, 6.07) is 13.7. The van der Waals surface area contributed by atoms with Crippen LogP contribution in [0.4, 0.5) is 15.2 Å². The number of nitriles is 1. The summed E-state index contributed by atoms with van der Waals surface area (Å²) in [5.74, 6) is -0.577. The number of carbonyl (C=O) groups excluding carboxylic acids is 1. The number of hydrogen-bond acceptors (Lipinski definition) is 6. The normalized spacial score (nSPS) is 10.4. The topological polar surface area (TPSA) is 69.0 Å². The Morgan fingerprint density at radius 1 is 1.34 bits per heavy atom. The van der Waals surface area contributed by atoms with Crippen molar-refractivity contribution in [2.75, 3.05) is 11.2 Å². The quantitative estimate of drug-likeness (QED) is 0.457. The van der Waals surface area contributed by atoms with Gasteiger partial charge in [-0.25, -0.2) is 9.37 Å². The number of aryl methyl sites for hydroxylation is 1. The van der Waals surface area contributed by atoms with Crippen molar-refractivity contribution < 1.29 is 9.18 Å². The molecule has 0 saturated carbocycles. The van der Waals surface area contributed by atoms with E-state index in [0.717, 1.165) is 16.1 Å². The van der Waals surface area contributed by atoms with Crippen LogP contribution in [0.15, 0.2) is 46.9 Å². The smallest absolute Gasteiger partial charge is 0.280 e. The second-order valence-electron chi connectivity index (χ2n) is 6.02. The van der Waals surface area contributed by atoms with Crippen molar-refractivity contribution in [1.29, 1.82) is 5.26 Å². The van der Waals surface area contributed by atoms with Crippen LogP contribution in [0.3, 0.4) is 0 Å². The maximum absolute atomic E-state index is 13.5. The number of amides is 1. The molecule has 1 N–H and O–H groups in total. The molecule has 0 aliphatic heterocycles. The Bertz CT molecular complexity index is 1080. The Morgan fingerprint density at radius 3 is 2.69 bits per heavy atom. The van der Waals surface area contributed by atoms with E-state index in [9.17, 15) is 9.18 Å². The Kier molecular flexibility index (Phi) is 6.90. The zero-order chi connectivity index (χ0) is 21.0. The molecule has 1 heterocycles. The SMILES string of the molecule is CSNC(=O)c1nc(N(Cc2ccc(F)cc2Br)c2ccc(C#N)cc2)sc1C. The molecule has 1 amide bonds. The Morgan fingerprint density at radius 2 is 2.07 bits per heavy atom. The second kappa shape index (κ2) is 9.39. The fourth-order valence-electron chi connectivity index (χ4n) is 2.66. The van der Waals surface area contributed by atoms with Crippen LogP contribution in [0.25, 0.3) is 0 Å². The van der Waals surface area contributed by atoms with Crippen molar-refractivity contribution in [2.24, 2.45) is 0 Å². The zero-order valence-electron chi connectivity index (χ0n) is 15.6. The summed E-state index contributed by atoms with van der Waals surface area (Å²) in [6.07, 6.45) is 1.77. The highest BCUT2D eigenvalue weighted by Crippen LogP contribution is 2.34. The lowest BCUT2D eigenvalue weighted by molar-refractivity contribution is 0.0980. The van der Waals surface area contributed by atoms with E-state index in [2.05, 4.69) is 31.7 Å². The van der Waals surface area contributed by atoms with Gasteiger partial charge >= 0.3 is 0 Å². The molecule has 2 aromatic carbocycles. The molecule has 0 aliphatic carbocycles. The molecule has 3 rings (SSSR count). The van der Waals surface area contributed by atoms with Crippen molar-refractivity contribution in [3.05, 3.63) is 74.5 Å². The number of anilines is 2. The maximum atomic E-state index is 13.5. The van der Waals surface area contributed by atoms with Crippen LogP contribution in [0, 0.1) is 24.1 Å². The molecule has 148 valence electrons. The first-order chi connectivity index (χ1) is 13.9. The van der Waals surface area contributed by atoms with Crippen molar-refractivity contribution in [3.8, 4) is 6.07 Å². The molecule has 0 fully saturated rings. The molecule has 0 aliphatic rings. The Labute approximate surface area is 184 Å². The number of aromatic nitrogens is 1. The van der Waals surface area contributed by atoms with Gasteiger partial charge in [-0.3, -0.25) is 9.52 Å². The summed E-state index contributed by atoms with van der Waals surface area (Å²) in [5.41, 5.74) is 2.59. The van der Waals surface area contributed by atoms with Gasteiger partial charge in [-0.1, -0.05) is 33.9 Å². The molecular formula is C20H16BrFN4OS2. The molecular weight excluding hydrogens is 475 g/mol. The molecule has 0 radical (unpaired) electrons. The molecule has 9 heteroatoms. The van der Waals surface area contributed by atoms with Gasteiger partial charge in [0.15, 0.2) is 5.13 Å². The number of nitrogens with one attached hydrogen (secondary N) is 1. The van der Waals surface area contributed by atoms with E-state index in [1.54, 1.807) is 24.5 Å². The molecule has 1 aromatic heterocycles. The number of hydrogen-bond donors (Lipinski definition) is 1. The number of benzene rings is 2. The molecule has 0 bridgehead atoms. The number of nitrogens with zero attached hydrogens (tertiary/aromatic N) is 3. The first-order valence-electron chi connectivity index (χ1n) is 8.45. The van der Waals surface area contributed by atoms with E-state index in [1.165, 1.54) is 35.4 Å². The lowest BCUT2D eigenvalue weighted by Gasteiger charge is -2.23. The van der Waals surface area contributed by atoms with Gasteiger partial charge in [-0.05, 0) is 48.9 Å². The van der Waals surface area contributed by atoms with Gasteiger partial charge in [0, 0.05) is 21.3 Å². The molecule has 29 heavy (non-hydrogen) atoms. The van der Waals surface area contributed by atoms with Crippen LogP contribution < -0.4 is 9.62 Å². The van der Waals surface area contributed by atoms with Gasteiger partial charge in [0.05, 0.1) is 18.2 Å². The van der Waals surface area contributed by atoms with Crippen LogP contribution in [0.1, 0.15) is 26.5 Å². The Balaban J connectivity index is 2.04. The molecule has 0 saturated heterocycles. The summed E-state index contributed by atoms with van der Waals surface area (Å²) in [4.78, 5) is 19.6. The van der Waals surface area contributed by atoms with Crippen LogP contribution in [0.2, 0.25) is 0 Å². The van der Waals surface area contributed by atoms with E-state index in [1.807, 2.05) is 24.0 Å². The van der Waals surface area contributed by atoms with Gasteiger partial charge < -0.3 is 4.90 Å². The molecule has 0 unspecified atom stereocenters. The molecule has 0 atom stereocenters. The highest BCUT2D eigenvalue weighted by Gasteiger charge is 2.21. The minimum absolute atomic E-state index is 0.250. The predicted octanol–water partition coefficient (Wildman–Crippen LogP) is 5.57. The van der Waals surface area contributed by atoms with Gasteiger partial charge in [-0.15, -0.1) is 11.3 Å². The Hall–Kier alpha value is -2.41. The minimum Gasteiger partial charge on any atom is -0.313 e. The average molecular weight is 491 g/mol. The van der Waals surface area contributed by atoms with Crippen molar-refractivity contribution in [2.45, 2.75) is 13.5 Å². The van der Waals surface area contributed by atoms with Crippen LogP contribution in [-0.2, 0) is 6.54 Å². The summed E-state index contributed by atoms with van der Waals surface area (Å²) < 4.78 is 16.8.